The second kappa shape index (κ2) is 6.06. The molecule has 0 spiro atoms. The third kappa shape index (κ3) is 3.27. The normalized spacial score (nSPS) is 34.4. The molecule has 5 nitrogen and oxygen atoms in total. The Kier molecular flexibility index (Phi) is 4.60. The molecule has 1 saturated carbocycles. The minimum Gasteiger partial charge on any atom is -0.466 e. The van der Waals surface area contributed by atoms with Gasteiger partial charge in [-0.2, -0.15) is 0 Å². The maximum atomic E-state index is 11.4. The van der Waals surface area contributed by atoms with E-state index in [-0.39, 0.29) is 23.9 Å². The van der Waals surface area contributed by atoms with Crippen molar-refractivity contribution in [1.29, 1.82) is 0 Å². The Labute approximate surface area is 119 Å². The van der Waals surface area contributed by atoms with Crippen LogP contribution >= 0.6 is 0 Å². The van der Waals surface area contributed by atoms with E-state index < -0.39 is 5.79 Å². The largest absolute Gasteiger partial charge is 0.466 e. The summed E-state index contributed by atoms with van der Waals surface area (Å²) in [6.45, 7) is 4.32. The summed E-state index contributed by atoms with van der Waals surface area (Å²) in [7, 11) is 1.36. The second-order valence-corrected chi connectivity index (χ2v) is 5.82. The van der Waals surface area contributed by atoms with E-state index in [1.165, 1.54) is 13.2 Å². The molecule has 2 fully saturated rings. The summed E-state index contributed by atoms with van der Waals surface area (Å²) in [5, 5.41) is 0. The van der Waals surface area contributed by atoms with E-state index in [4.69, 9.17) is 9.47 Å². The Morgan fingerprint density at radius 1 is 1.50 bits per heavy atom. The van der Waals surface area contributed by atoms with Crippen LogP contribution in [0.15, 0.2) is 11.6 Å². The molecule has 20 heavy (non-hydrogen) atoms. The van der Waals surface area contributed by atoms with Crippen LogP contribution < -0.4 is 0 Å². The molecule has 3 atom stereocenters. The standard InChI is InChI=1S/C15H22O5/c1-15(2)19-9-13(20-15)12-5-4-10(8-14(17)18-3)11(12)6-7-16/h7-8,11-13H,4-6,9H2,1-3H3/b10-8+/t11-,12-,13-/m0/s1. The summed E-state index contributed by atoms with van der Waals surface area (Å²) in [6.07, 6.45) is 4.54. The number of esters is 1. The Morgan fingerprint density at radius 3 is 2.80 bits per heavy atom. The van der Waals surface area contributed by atoms with Crippen molar-refractivity contribution < 1.29 is 23.8 Å². The van der Waals surface area contributed by atoms with E-state index in [9.17, 15) is 9.59 Å². The molecule has 0 N–H and O–H groups in total. The minimum atomic E-state index is -0.564. The molecular formula is C15H22O5. The van der Waals surface area contributed by atoms with Crippen LogP contribution in [-0.2, 0) is 23.8 Å². The van der Waals surface area contributed by atoms with Crippen molar-refractivity contribution in [2.75, 3.05) is 13.7 Å². The first kappa shape index (κ1) is 15.2. The van der Waals surface area contributed by atoms with Crippen molar-refractivity contribution in [3.8, 4) is 0 Å². The third-order valence-corrected chi connectivity index (χ3v) is 4.12. The molecule has 0 aromatic rings. The van der Waals surface area contributed by atoms with Gasteiger partial charge in [0, 0.05) is 12.5 Å². The number of allylic oxidation sites excluding steroid dienone is 1. The Bertz CT molecular complexity index is 412. The van der Waals surface area contributed by atoms with Gasteiger partial charge in [0.25, 0.3) is 0 Å². The topological polar surface area (TPSA) is 61.8 Å². The average Bonchev–Trinajstić information content (AvgIpc) is 2.94. The summed E-state index contributed by atoms with van der Waals surface area (Å²) in [5.41, 5.74) is 0.988. The highest BCUT2D eigenvalue weighted by atomic mass is 16.7. The number of carbonyl (C=O) groups excluding carboxylic acids is 2. The zero-order chi connectivity index (χ0) is 14.8. The van der Waals surface area contributed by atoms with Gasteiger partial charge in [0.15, 0.2) is 5.79 Å². The molecular weight excluding hydrogens is 260 g/mol. The van der Waals surface area contributed by atoms with Crippen LogP contribution in [0.3, 0.4) is 0 Å². The van der Waals surface area contributed by atoms with Gasteiger partial charge >= 0.3 is 5.97 Å². The molecule has 112 valence electrons. The van der Waals surface area contributed by atoms with Crippen LogP contribution in [0.2, 0.25) is 0 Å². The van der Waals surface area contributed by atoms with Crippen LogP contribution in [0.5, 0.6) is 0 Å². The van der Waals surface area contributed by atoms with Crippen molar-refractivity contribution in [1.82, 2.24) is 0 Å². The van der Waals surface area contributed by atoms with Crippen molar-refractivity contribution >= 4 is 12.3 Å². The van der Waals surface area contributed by atoms with Crippen molar-refractivity contribution in [3.05, 3.63) is 11.6 Å². The van der Waals surface area contributed by atoms with Crippen molar-refractivity contribution in [3.63, 3.8) is 0 Å². The maximum Gasteiger partial charge on any atom is 0.330 e. The van der Waals surface area contributed by atoms with E-state index in [1.54, 1.807) is 0 Å². The van der Waals surface area contributed by atoms with Crippen LogP contribution in [0.4, 0.5) is 0 Å². The molecule has 1 aliphatic heterocycles. The average molecular weight is 282 g/mol. The highest BCUT2D eigenvalue weighted by Crippen LogP contribution is 2.44. The van der Waals surface area contributed by atoms with Gasteiger partial charge in [-0.05, 0) is 38.5 Å². The van der Waals surface area contributed by atoms with Crippen LogP contribution in [0.1, 0.15) is 33.1 Å². The Hall–Kier alpha value is -1.20. The first-order chi connectivity index (χ1) is 9.46. The number of hydrogen-bond acceptors (Lipinski definition) is 5. The lowest BCUT2D eigenvalue weighted by atomic mass is 9.86. The van der Waals surface area contributed by atoms with Crippen molar-refractivity contribution in [2.24, 2.45) is 11.8 Å². The molecule has 1 saturated heterocycles. The first-order valence-electron chi connectivity index (χ1n) is 7.00. The van der Waals surface area contributed by atoms with Crippen LogP contribution in [0.25, 0.3) is 0 Å². The number of hydrogen-bond donors (Lipinski definition) is 0. The molecule has 0 unspecified atom stereocenters. The molecule has 1 heterocycles. The van der Waals surface area contributed by atoms with E-state index in [1.807, 2.05) is 13.8 Å². The van der Waals surface area contributed by atoms with Gasteiger partial charge in [0.1, 0.15) is 6.29 Å². The smallest absolute Gasteiger partial charge is 0.330 e. The van der Waals surface area contributed by atoms with Crippen molar-refractivity contribution in [2.45, 2.75) is 45.0 Å². The fraction of sp³-hybridized carbons (Fsp3) is 0.733. The SMILES string of the molecule is COC(=O)/C=C1\CC[C@H]([C@@H]2COC(C)(C)O2)[C@H]1CC=O. The van der Waals surface area contributed by atoms with E-state index in [0.717, 1.165) is 24.7 Å². The molecule has 2 rings (SSSR count). The molecule has 1 aliphatic carbocycles. The summed E-state index contributed by atoms with van der Waals surface area (Å²) in [4.78, 5) is 22.3. The summed E-state index contributed by atoms with van der Waals surface area (Å²) < 4.78 is 16.2. The van der Waals surface area contributed by atoms with Gasteiger partial charge in [-0.15, -0.1) is 0 Å². The molecule has 0 radical (unpaired) electrons. The molecule has 5 heteroatoms. The number of aldehydes is 1. The van der Waals surface area contributed by atoms with Gasteiger partial charge in [0.05, 0.1) is 19.8 Å². The van der Waals surface area contributed by atoms with Gasteiger partial charge in [-0.25, -0.2) is 4.79 Å². The predicted octanol–water partition coefficient (Wildman–Crippen LogP) is 1.85. The van der Waals surface area contributed by atoms with Gasteiger partial charge < -0.3 is 19.0 Å². The lowest BCUT2D eigenvalue weighted by Crippen LogP contribution is -2.29. The Morgan fingerprint density at radius 2 is 2.25 bits per heavy atom. The first-order valence-corrected chi connectivity index (χ1v) is 7.00. The monoisotopic (exact) mass is 282 g/mol. The fourth-order valence-electron chi connectivity index (χ4n) is 3.19. The lowest BCUT2D eigenvalue weighted by molar-refractivity contribution is -0.146. The summed E-state index contributed by atoms with van der Waals surface area (Å²) in [6, 6.07) is 0. The highest BCUT2D eigenvalue weighted by molar-refractivity contribution is 5.83. The molecule has 0 bridgehead atoms. The number of carbonyl (C=O) groups is 2. The van der Waals surface area contributed by atoms with E-state index in [2.05, 4.69) is 4.74 Å². The van der Waals surface area contributed by atoms with Gasteiger partial charge in [-0.3, -0.25) is 0 Å². The number of ether oxygens (including phenoxy) is 3. The number of methoxy groups -OCH3 is 1. The molecule has 0 aromatic carbocycles. The summed E-state index contributed by atoms with van der Waals surface area (Å²) in [5.74, 6) is -0.655. The van der Waals surface area contributed by atoms with E-state index in [0.29, 0.717) is 13.0 Å². The van der Waals surface area contributed by atoms with Gasteiger partial charge in [0.2, 0.25) is 0 Å². The van der Waals surface area contributed by atoms with Crippen LogP contribution in [0, 0.1) is 11.8 Å². The minimum absolute atomic E-state index is 0.0153. The van der Waals surface area contributed by atoms with Crippen LogP contribution in [-0.4, -0.2) is 37.9 Å². The Balaban J connectivity index is 2.12. The zero-order valence-electron chi connectivity index (χ0n) is 12.3. The third-order valence-electron chi connectivity index (χ3n) is 4.12. The predicted molar refractivity (Wildman–Crippen MR) is 71.9 cm³/mol. The lowest BCUT2D eigenvalue weighted by Gasteiger charge is -2.25. The highest BCUT2D eigenvalue weighted by Gasteiger charge is 2.43. The molecule has 2 aliphatic rings. The summed E-state index contributed by atoms with van der Waals surface area (Å²) >= 11 is 0. The number of rotatable bonds is 4. The zero-order valence-corrected chi connectivity index (χ0v) is 12.3. The molecule has 0 amide bonds. The maximum absolute atomic E-state index is 11.4. The van der Waals surface area contributed by atoms with E-state index >= 15 is 0 Å². The second-order valence-electron chi connectivity index (χ2n) is 5.82. The molecule has 0 aromatic heterocycles. The van der Waals surface area contributed by atoms with Gasteiger partial charge in [-0.1, -0.05) is 5.57 Å². The fourth-order valence-corrected chi connectivity index (χ4v) is 3.19. The quantitative estimate of drug-likeness (QED) is 0.447.